The predicted molar refractivity (Wildman–Crippen MR) is 83.9 cm³/mol. The number of ether oxygens (including phenoxy) is 1. The van der Waals surface area contributed by atoms with Crippen LogP contribution in [0.4, 0.5) is 5.69 Å². The van der Waals surface area contributed by atoms with Gasteiger partial charge in [-0.05, 0) is 38.5 Å². The van der Waals surface area contributed by atoms with Crippen LogP contribution in [-0.4, -0.2) is 23.1 Å². The Morgan fingerprint density at radius 3 is 2.60 bits per heavy atom. The Morgan fingerprint density at radius 1 is 1.35 bits per heavy atom. The maximum Gasteiger partial charge on any atom is 0.224 e. The molecule has 0 aromatic heterocycles. The fraction of sp³-hybridized carbons (Fsp3) is 0.467. The Kier molecular flexibility index (Phi) is 6.71. The van der Waals surface area contributed by atoms with Crippen molar-refractivity contribution in [2.45, 2.75) is 38.4 Å². The SMILES string of the molecule is CCCC(=O)Nc1ccc(C(=O)C(C)Br)cc1OCC. The van der Waals surface area contributed by atoms with E-state index in [9.17, 15) is 9.59 Å². The molecule has 0 aliphatic carbocycles. The third-order valence-electron chi connectivity index (χ3n) is 2.68. The third-order valence-corrected chi connectivity index (χ3v) is 3.09. The van der Waals surface area contributed by atoms with Crippen LogP contribution in [0.3, 0.4) is 0 Å². The number of carbonyl (C=O) groups excluding carboxylic acids is 2. The van der Waals surface area contributed by atoms with Gasteiger partial charge < -0.3 is 10.1 Å². The van der Waals surface area contributed by atoms with E-state index < -0.39 is 0 Å². The van der Waals surface area contributed by atoms with Crippen LogP contribution in [0.2, 0.25) is 0 Å². The summed E-state index contributed by atoms with van der Waals surface area (Å²) >= 11 is 3.26. The van der Waals surface area contributed by atoms with Gasteiger partial charge >= 0.3 is 0 Å². The van der Waals surface area contributed by atoms with E-state index in [1.54, 1.807) is 25.1 Å². The normalized spacial score (nSPS) is 11.8. The van der Waals surface area contributed by atoms with Crippen molar-refractivity contribution in [2.75, 3.05) is 11.9 Å². The topological polar surface area (TPSA) is 55.4 Å². The molecular formula is C15H20BrNO3. The number of ketones is 1. The summed E-state index contributed by atoms with van der Waals surface area (Å²) in [7, 11) is 0. The molecule has 1 atom stereocenters. The Morgan fingerprint density at radius 2 is 2.05 bits per heavy atom. The van der Waals surface area contributed by atoms with Gasteiger partial charge in [0, 0.05) is 12.0 Å². The van der Waals surface area contributed by atoms with Gasteiger partial charge in [-0.2, -0.15) is 0 Å². The van der Waals surface area contributed by atoms with Gasteiger partial charge in [-0.25, -0.2) is 0 Å². The van der Waals surface area contributed by atoms with Crippen LogP contribution >= 0.6 is 15.9 Å². The van der Waals surface area contributed by atoms with Crippen LogP contribution in [0.1, 0.15) is 44.0 Å². The molecule has 1 amide bonds. The first-order valence-corrected chi connectivity index (χ1v) is 7.66. The van der Waals surface area contributed by atoms with Crippen LogP contribution in [0.5, 0.6) is 5.75 Å². The standard InChI is InChI=1S/C15H20BrNO3/c1-4-6-14(18)17-12-8-7-11(15(19)10(3)16)9-13(12)20-5-2/h7-10H,4-6H2,1-3H3,(H,17,18). The molecule has 0 bridgehead atoms. The molecule has 0 spiro atoms. The number of rotatable bonds is 7. The lowest BCUT2D eigenvalue weighted by molar-refractivity contribution is -0.116. The molecule has 1 N–H and O–H groups in total. The lowest BCUT2D eigenvalue weighted by atomic mass is 10.1. The summed E-state index contributed by atoms with van der Waals surface area (Å²) in [6.07, 6.45) is 1.25. The highest BCUT2D eigenvalue weighted by molar-refractivity contribution is 9.10. The lowest BCUT2D eigenvalue weighted by Crippen LogP contribution is -2.14. The smallest absolute Gasteiger partial charge is 0.224 e. The van der Waals surface area contributed by atoms with E-state index in [1.807, 2.05) is 13.8 Å². The second-order valence-electron chi connectivity index (χ2n) is 4.42. The molecule has 20 heavy (non-hydrogen) atoms. The molecule has 1 unspecified atom stereocenters. The van der Waals surface area contributed by atoms with E-state index in [0.29, 0.717) is 30.0 Å². The van der Waals surface area contributed by atoms with Gasteiger partial charge in [-0.15, -0.1) is 0 Å². The van der Waals surface area contributed by atoms with Crippen LogP contribution < -0.4 is 10.1 Å². The van der Waals surface area contributed by atoms with E-state index in [2.05, 4.69) is 21.2 Å². The Balaban J connectivity index is 3.01. The Bertz CT molecular complexity index is 486. The first-order valence-electron chi connectivity index (χ1n) is 6.74. The number of amides is 1. The summed E-state index contributed by atoms with van der Waals surface area (Å²) < 4.78 is 5.50. The largest absolute Gasteiger partial charge is 0.492 e. The van der Waals surface area contributed by atoms with E-state index >= 15 is 0 Å². The second-order valence-corrected chi connectivity index (χ2v) is 5.80. The number of nitrogens with one attached hydrogen (secondary N) is 1. The molecule has 0 heterocycles. The quantitative estimate of drug-likeness (QED) is 0.606. The van der Waals surface area contributed by atoms with Gasteiger partial charge in [0.25, 0.3) is 0 Å². The molecule has 0 aliphatic rings. The molecule has 0 aliphatic heterocycles. The molecule has 4 nitrogen and oxygen atoms in total. The summed E-state index contributed by atoms with van der Waals surface area (Å²) in [5.74, 6) is 0.453. The number of hydrogen-bond donors (Lipinski definition) is 1. The van der Waals surface area contributed by atoms with E-state index in [1.165, 1.54) is 0 Å². The number of anilines is 1. The van der Waals surface area contributed by atoms with Gasteiger partial charge in [-0.3, -0.25) is 9.59 Å². The van der Waals surface area contributed by atoms with Crippen molar-refractivity contribution in [3.63, 3.8) is 0 Å². The van der Waals surface area contributed by atoms with Crippen molar-refractivity contribution in [3.05, 3.63) is 23.8 Å². The van der Waals surface area contributed by atoms with Crippen molar-refractivity contribution >= 4 is 33.3 Å². The average molecular weight is 342 g/mol. The first-order chi connectivity index (χ1) is 9.49. The summed E-state index contributed by atoms with van der Waals surface area (Å²) in [4.78, 5) is 23.3. The predicted octanol–water partition coefficient (Wildman–Crippen LogP) is 3.79. The van der Waals surface area contributed by atoms with E-state index in [4.69, 9.17) is 4.74 Å². The van der Waals surface area contributed by atoms with E-state index in [-0.39, 0.29) is 16.5 Å². The molecule has 0 saturated carbocycles. The maximum atomic E-state index is 11.9. The van der Waals surface area contributed by atoms with Crippen molar-refractivity contribution < 1.29 is 14.3 Å². The molecular weight excluding hydrogens is 322 g/mol. The van der Waals surface area contributed by atoms with Crippen LogP contribution in [0.15, 0.2) is 18.2 Å². The third kappa shape index (κ3) is 4.63. The molecule has 0 radical (unpaired) electrons. The molecule has 1 rings (SSSR count). The number of alkyl halides is 1. The van der Waals surface area contributed by atoms with Crippen molar-refractivity contribution in [2.24, 2.45) is 0 Å². The zero-order valence-corrected chi connectivity index (χ0v) is 13.6. The fourth-order valence-electron chi connectivity index (χ4n) is 1.72. The lowest BCUT2D eigenvalue weighted by Gasteiger charge is -2.13. The molecule has 110 valence electrons. The fourth-order valence-corrected chi connectivity index (χ4v) is 1.99. The highest BCUT2D eigenvalue weighted by atomic mass is 79.9. The Labute approximate surface area is 128 Å². The van der Waals surface area contributed by atoms with Gasteiger partial charge in [0.1, 0.15) is 5.75 Å². The van der Waals surface area contributed by atoms with Crippen molar-refractivity contribution in [1.82, 2.24) is 0 Å². The Hall–Kier alpha value is -1.36. The molecule has 5 heteroatoms. The van der Waals surface area contributed by atoms with Gasteiger partial charge in [-0.1, -0.05) is 22.9 Å². The van der Waals surface area contributed by atoms with Crippen molar-refractivity contribution in [3.8, 4) is 5.75 Å². The minimum absolute atomic E-state index is 0.0163. The van der Waals surface area contributed by atoms with Crippen LogP contribution in [-0.2, 0) is 4.79 Å². The highest BCUT2D eigenvalue weighted by Gasteiger charge is 2.15. The van der Waals surface area contributed by atoms with Crippen LogP contribution in [0, 0.1) is 0 Å². The minimum atomic E-state index is -0.252. The zero-order chi connectivity index (χ0) is 15.1. The van der Waals surface area contributed by atoms with Gasteiger partial charge in [0.15, 0.2) is 5.78 Å². The highest BCUT2D eigenvalue weighted by Crippen LogP contribution is 2.27. The molecule has 0 fully saturated rings. The molecule has 1 aromatic rings. The first kappa shape index (κ1) is 16.7. The minimum Gasteiger partial charge on any atom is -0.492 e. The number of benzene rings is 1. The second kappa shape index (κ2) is 8.04. The number of carbonyl (C=O) groups is 2. The summed E-state index contributed by atoms with van der Waals surface area (Å²) in [5.41, 5.74) is 1.16. The zero-order valence-electron chi connectivity index (χ0n) is 12.0. The number of Topliss-reactive ketones (excluding diaryl/α,β-unsaturated/α-hetero) is 1. The maximum absolute atomic E-state index is 11.9. The van der Waals surface area contributed by atoms with Crippen molar-refractivity contribution in [1.29, 1.82) is 0 Å². The van der Waals surface area contributed by atoms with Gasteiger partial charge in [0.05, 0.1) is 17.1 Å². The monoisotopic (exact) mass is 341 g/mol. The summed E-state index contributed by atoms with van der Waals surface area (Å²) in [6.45, 7) is 6.05. The number of hydrogen-bond acceptors (Lipinski definition) is 3. The van der Waals surface area contributed by atoms with E-state index in [0.717, 1.165) is 6.42 Å². The molecule has 1 aromatic carbocycles. The summed E-state index contributed by atoms with van der Waals surface area (Å²) in [6, 6.07) is 5.08. The average Bonchev–Trinajstić information content (AvgIpc) is 2.40. The van der Waals surface area contributed by atoms with Gasteiger partial charge in [0.2, 0.25) is 5.91 Å². The van der Waals surface area contributed by atoms with Crippen LogP contribution in [0.25, 0.3) is 0 Å². The number of halogens is 1. The summed E-state index contributed by atoms with van der Waals surface area (Å²) in [5, 5.41) is 2.80. The molecule has 0 saturated heterocycles.